The Hall–Kier alpha value is -1.27. The standard InChI is InChI=1S/C15H25N3O2S/c1-11-10-18(3)12(2)9-15(11)16-13-5-7-14(8-6-13)17-21(4,19)20/h5-8,11-12,15-17H,9-10H2,1-4H3. The number of nitrogens with zero attached hydrogens (tertiary/aromatic N) is 1. The van der Waals surface area contributed by atoms with E-state index in [1.54, 1.807) is 12.1 Å². The number of piperidine rings is 1. The topological polar surface area (TPSA) is 61.4 Å². The largest absolute Gasteiger partial charge is 0.382 e. The first-order valence-electron chi connectivity index (χ1n) is 7.29. The Kier molecular flexibility index (Phi) is 4.78. The fraction of sp³-hybridized carbons (Fsp3) is 0.600. The van der Waals surface area contributed by atoms with Crippen LogP contribution in [0, 0.1) is 5.92 Å². The third kappa shape index (κ3) is 4.61. The fourth-order valence-electron chi connectivity index (χ4n) is 2.81. The molecule has 6 heteroatoms. The van der Waals surface area contributed by atoms with Crippen LogP contribution in [-0.4, -0.2) is 45.2 Å². The molecule has 1 aliphatic heterocycles. The summed E-state index contributed by atoms with van der Waals surface area (Å²) in [6, 6.07) is 8.43. The summed E-state index contributed by atoms with van der Waals surface area (Å²) in [4.78, 5) is 2.39. The van der Waals surface area contributed by atoms with Gasteiger partial charge in [0.15, 0.2) is 0 Å². The second kappa shape index (κ2) is 6.23. The first-order chi connectivity index (χ1) is 9.74. The lowest BCUT2D eigenvalue weighted by Gasteiger charge is -2.40. The van der Waals surface area contributed by atoms with Crippen LogP contribution in [0.3, 0.4) is 0 Å². The van der Waals surface area contributed by atoms with E-state index in [1.165, 1.54) is 0 Å². The van der Waals surface area contributed by atoms with E-state index < -0.39 is 10.0 Å². The van der Waals surface area contributed by atoms with E-state index in [1.807, 2.05) is 12.1 Å². The highest BCUT2D eigenvalue weighted by atomic mass is 32.2. The van der Waals surface area contributed by atoms with Crippen molar-refractivity contribution in [3.05, 3.63) is 24.3 Å². The number of nitrogens with one attached hydrogen (secondary N) is 2. The van der Waals surface area contributed by atoms with Crippen LogP contribution >= 0.6 is 0 Å². The molecule has 118 valence electrons. The van der Waals surface area contributed by atoms with Gasteiger partial charge in [0.2, 0.25) is 10.0 Å². The summed E-state index contributed by atoms with van der Waals surface area (Å²) in [6.45, 7) is 5.60. The van der Waals surface area contributed by atoms with Gasteiger partial charge in [0.1, 0.15) is 0 Å². The van der Waals surface area contributed by atoms with E-state index in [9.17, 15) is 8.42 Å². The van der Waals surface area contributed by atoms with Crippen LogP contribution in [0.5, 0.6) is 0 Å². The van der Waals surface area contributed by atoms with Gasteiger partial charge in [-0.2, -0.15) is 0 Å². The SMILES string of the molecule is CC1CN(C)C(C)CC1Nc1ccc(NS(C)(=O)=O)cc1. The summed E-state index contributed by atoms with van der Waals surface area (Å²) >= 11 is 0. The summed E-state index contributed by atoms with van der Waals surface area (Å²) in [7, 11) is -1.05. The zero-order chi connectivity index (χ0) is 15.6. The molecule has 1 aliphatic rings. The van der Waals surface area contributed by atoms with Crippen molar-refractivity contribution < 1.29 is 8.42 Å². The Morgan fingerprint density at radius 2 is 1.71 bits per heavy atom. The quantitative estimate of drug-likeness (QED) is 0.895. The zero-order valence-electron chi connectivity index (χ0n) is 13.1. The molecule has 3 unspecified atom stereocenters. The Labute approximate surface area is 127 Å². The van der Waals surface area contributed by atoms with Gasteiger partial charge in [0, 0.05) is 30.0 Å². The third-order valence-corrected chi connectivity index (χ3v) is 4.76. The molecule has 2 N–H and O–H groups in total. The molecule has 1 aromatic rings. The van der Waals surface area contributed by atoms with Crippen molar-refractivity contribution in [1.82, 2.24) is 4.90 Å². The highest BCUT2D eigenvalue weighted by Gasteiger charge is 2.28. The van der Waals surface area contributed by atoms with Crippen LogP contribution < -0.4 is 10.0 Å². The summed E-state index contributed by atoms with van der Waals surface area (Å²) < 4.78 is 24.8. The van der Waals surface area contributed by atoms with Gasteiger partial charge in [-0.05, 0) is 50.6 Å². The second-order valence-electron chi connectivity index (χ2n) is 6.20. The van der Waals surface area contributed by atoms with E-state index in [0.29, 0.717) is 23.7 Å². The van der Waals surface area contributed by atoms with E-state index >= 15 is 0 Å². The molecule has 0 saturated carbocycles. The predicted molar refractivity (Wildman–Crippen MR) is 88.2 cm³/mol. The van der Waals surface area contributed by atoms with Gasteiger partial charge >= 0.3 is 0 Å². The highest BCUT2D eigenvalue weighted by molar-refractivity contribution is 7.92. The normalized spacial score (nSPS) is 27.3. The van der Waals surface area contributed by atoms with Crippen LogP contribution in [0.25, 0.3) is 0 Å². The Morgan fingerprint density at radius 3 is 2.29 bits per heavy atom. The number of rotatable bonds is 4. The van der Waals surface area contributed by atoms with Crippen LogP contribution in [0.15, 0.2) is 24.3 Å². The van der Waals surface area contributed by atoms with Crippen molar-refractivity contribution in [2.75, 3.05) is 29.9 Å². The number of hydrogen-bond donors (Lipinski definition) is 2. The number of hydrogen-bond acceptors (Lipinski definition) is 4. The minimum absolute atomic E-state index is 0.449. The molecule has 1 heterocycles. The number of likely N-dealkylation sites (tertiary alicyclic amines) is 1. The molecule has 0 aromatic heterocycles. The maximum atomic E-state index is 11.2. The molecule has 0 bridgehead atoms. The molecule has 21 heavy (non-hydrogen) atoms. The van der Waals surface area contributed by atoms with Crippen LogP contribution in [0.1, 0.15) is 20.3 Å². The number of sulfonamides is 1. The fourth-order valence-corrected chi connectivity index (χ4v) is 3.37. The molecule has 1 aromatic carbocycles. The van der Waals surface area contributed by atoms with Crippen molar-refractivity contribution in [1.29, 1.82) is 0 Å². The maximum Gasteiger partial charge on any atom is 0.229 e. The van der Waals surface area contributed by atoms with Gasteiger partial charge in [0.25, 0.3) is 0 Å². The molecule has 3 atom stereocenters. The summed E-state index contributed by atoms with van der Waals surface area (Å²) in [5.74, 6) is 0.583. The van der Waals surface area contributed by atoms with Gasteiger partial charge in [-0.3, -0.25) is 4.72 Å². The lowest BCUT2D eigenvalue weighted by Crippen LogP contribution is -2.48. The van der Waals surface area contributed by atoms with E-state index in [4.69, 9.17) is 0 Å². The molecule has 1 saturated heterocycles. The molecule has 1 fully saturated rings. The molecule has 0 radical (unpaired) electrons. The lowest BCUT2D eigenvalue weighted by molar-refractivity contribution is 0.145. The summed E-state index contributed by atoms with van der Waals surface area (Å²) in [5.41, 5.74) is 1.62. The van der Waals surface area contributed by atoms with E-state index in [-0.39, 0.29) is 0 Å². The molecule has 0 aliphatic carbocycles. The van der Waals surface area contributed by atoms with Gasteiger partial charge < -0.3 is 10.2 Å². The monoisotopic (exact) mass is 311 g/mol. The Bertz CT molecular complexity index is 571. The van der Waals surface area contributed by atoms with Gasteiger partial charge in [0.05, 0.1) is 6.26 Å². The number of anilines is 2. The summed E-state index contributed by atoms with van der Waals surface area (Å²) in [5, 5.41) is 3.57. The van der Waals surface area contributed by atoms with Crippen LogP contribution in [-0.2, 0) is 10.0 Å². The zero-order valence-corrected chi connectivity index (χ0v) is 13.9. The minimum Gasteiger partial charge on any atom is -0.382 e. The van der Waals surface area contributed by atoms with E-state index in [0.717, 1.165) is 24.9 Å². The molecule has 0 spiro atoms. The Morgan fingerprint density at radius 1 is 1.14 bits per heavy atom. The predicted octanol–water partition coefficient (Wildman–Crippen LogP) is 2.20. The average molecular weight is 311 g/mol. The van der Waals surface area contributed by atoms with Gasteiger partial charge in [-0.1, -0.05) is 6.92 Å². The van der Waals surface area contributed by atoms with Crippen LogP contribution in [0.2, 0.25) is 0 Å². The minimum atomic E-state index is -3.22. The third-order valence-electron chi connectivity index (χ3n) is 4.15. The average Bonchev–Trinajstić information content (AvgIpc) is 2.36. The van der Waals surface area contributed by atoms with Gasteiger partial charge in [-0.15, -0.1) is 0 Å². The smallest absolute Gasteiger partial charge is 0.229 e. The van der Waals surface area contributed by atoms with Gasteiger partial charge in [-0.25, -0.2) is 8.42 Å². The maximum absolute atomic E-state index is 11.2. The molecule has 5 nitrogen and oxygen atoms in total. The highest BCUT2D eigenvalue weighted by Crippen LogP contribution is 2.25. The Balaban J connectivity index is 2.00. The van der Waals surface area contributed by atoms with Crippen molar-refractivity contribution >= 4 is 21.4 Å². The van der Waals surface area contributed by atoms with Crippen LogP contribution in [0.4, 0.5) is 11.4 Å². The summed E-state index contributed by atoms with van der Waals surface area (Å²) in [6.07, 6.45) is 2.27. The van der Waals surface area contributed by atoms with E-state index in [2.05, 4.69) is 35.8 Å². The van der Waals surface area contributed by atoms with Crippen molar-refractivity contribution in [3.63, 3.8) is 0 Å². The first-order valence-corrected chi connectivity index (χ1v) is 9.18. The van der Waals surface area contributed by atoms with Crippen molar-refractivity contribution in [3.8, 4) is 0 Å². The van der Waals surface area contributed by atoms with Crippen molar-refractivity contribution in [2.45, 2.75) is 32.4 Å². The molecular weight excluding hydrogens is 286 g/mol. The second-order valence-corrected chi connectivity index (χ2v) is 7.95. The molecule has 2 rings (SSSR count). The number of benzene rings is 1. The first kappa shape index (κ1) is 16.1. The van der Waals surface area contributed by atoms with Crippen molar-refractivity contribution in [2.24, 2.45) is 5.92 Å². The molecular formula is C15H25N3O2S. The molecule has 0 amide bonds. The lowest BCUT2D eigenvalue weighted by atomic mass is 9.89.